The fourth-order valence-corrected chi connectivity index (χ4v) is 2.85. The lowest BCUT2D eigenvalue weighted by Gasteiger charge is -2.07. The summed E-state index contributed by atoms with van der Waals surface area (Å²) in [5, 5.41) is 0. The van der Waals surface area contributed by atoms with Gasteiger partial charge in [0.2, 0.25) is 0 Å². The highest BCUT2D eigenvalue weighted by Gasteiger charge is 2.03. The quantitative estimate of drug-likeness (QED) is 0.447. The van der Waals surface area contributed by atoms with Crippen LogP contribution in [0.1, 0.15) is 0 Å². The molecule has 3 aromatic carbocycles. The molecular formula is C23H17N. The Morgan fingerprint density at radius 3 is 1.62 bits per heavy atom. The number of benzene rings is 3. The smallest absolute Gasteiger partial charge is 0.0702 e. The number of hydrogen-bond donors (Lipinski definition) is 0. The first-order valence-electron chi connectivity index (χ1n) is 8.07. The minimum absolute atomic E-state index is 0.993. The van der Waals surface area contributed by atoms with Crippen molar-refractivity contribution in [2.24, 2.45) is 0 Å². The lowest BCUT2D eigenvalue weighted by molar-refractivity contribution is 1.32. The lowest BCUT2D eigenvalue weighted by atomic mass is 10.0. The number of pyridine rings is 1. The van der Waals surface area contributed by atoms with E-state index in [-0.39, 0.29) is 0 Å². The second kappa shape index (κ2) is 6.51. The maximum atomic E-state index is 4.66. The van der Waals surface area contributed by atoms with Gasteiger partial charge >= 0.3 is 0 Å². The first-order chi connectivity index (χ1) is 11.9. The van der Waals surface area contributed by atoms with Crippen LogP contribution in [0.15, 0.2) is 103 Å². The third-order valence-electron chi connectivity index (χ3n) is 4.14. The molecule has 0 N–H and O–H groups in total. The van der Waals surface area contributed by atoms with Crippen molar-refractivity contribution in [2.45, 2.75) is 0 Å². The number of hydrogen-bond acceptors (Lipinski definition) is 1. The van der Waals surface area contributed by atoms with Gasteiger partial charge in [-0.2, -0.15) is 0 Å². The summed E-state index contributed by atoms with van der Waals surface area (Å²) in [6, 6.07) is 33.5. The van der Waals surface area contributed by atoms with Gasteiger partial charge in [0.25, 0.3) is 0 Å². The van der Waals surface area contributed by atoms with Gasteiger partial charge in [0.15, 0.2) is 0 Å². The average molecular weight is 307 g/mol. The topological polar surface area (TPSA) is 12.9 Å². The van der Waals surface area contributed by atoms with Crippen LogP contribution in [0.5, 0.6) is 0 Å². The van der Waals surface area contributed by atoms with Crippen LogP contribution >= 0.6 is 0 Å². The Labute approximate surface area is 142 Å². The molecule has 0 saturated carbocycles. The minimum atomic E-state index is 0.993. The van der Waals surface area contributed by atoms with Crippen LogP contribution in [0.25, 0.3) is 33.5 Å². The molecular weight excluding hydrogens is 290 g/mol. The van der Waals surface area contributed by atoms with Crippen molar-refractivity contribution in [3.63, 3.8) is 0 Å². The SMILES string of the molecule is c1ccc(-c2ccc(-c3cccc(-c4ccccc4)c3)nc2)cc1. The monoisotopic (exact) mass is 307 g/mol. The van der Waals surface area contributed by atoms with Crippen LogP contribution in [-0.4, -0.2) is 4.98 Å². The van der Waals surface area contributed by atoms with E-state index in [0.717, 1.165) is 16.8 Å². The molecule has 0 amide bonds. The van der Waals surface area contributed by atoms with Crippen LogP contribution in [0.2, 0.25) is 0 Å². The van der Waals surface area contributed by atoms with E-state index < -0.39 is 0 Å². The second-order valence-corrected chi connectivity index (χ2v) is 5.74. The number of nitrogens with zero attached hydrogens (tertiary/aromatic N) is 1. The molecule has 0 fully saturated rings. The molecule has 0 bridgehead atoms. The lowest BCUT2D eigenvalue weighted by Crippen LogP contribution is -1.86. The van der Waals surface area contributed by atoms with Gasteiger partial charge in [-0.15, -0.1) is 0 Å². The summed E-state index contributed by atoms with van der Waals surface area (Å²) in [5.41, 5.74) is 6.89. The molecule has 1 heteroatoms. The molecule has 114 valence electrons. The molecule has 0 atom stereocenters. The maximum Gasteiger partial charge on any atom is 0.0702 e. The Bertz CT molecular complexity index is 926. The molecule has 1 nitrogen and oxygen atoms in total. The third-order valence-corrected chi connectivity index (χ3v) is 4.14. The van der Waals surface area contributed by atoms with E-state index in [4.69, 9.17) is 0 Å². The van der Waals surface area contributed by atoms with Crippen LogP contribution in [0, 0.1) is 0 Å². The van der Waals surface area contributed by atoms with Crippen molar-refractivity contribution >= 4 is 0 Å². The number of aromatic nitrogens is 1. The van der Waals surface area contributed by atoms with Gasteiger partial charge in [-0.3, -0.25) is 4.98 Å². The van der Waals surface area contributed by atoms with E-state index in [0.29, 0.717) is 0 Å². The Hall–Kier alpha value is -3.19. The molecule has 1 aromatic heterocycles. The Morgan fingerprint density at radius 2 is 1.00 bits per heavy atom. The fourth-order valence-electron chi connectivity index (χ4n) is 2.85. The van der Waals surface area contributed by atoms with Crippen LogP contribution < -0.4 is 0 Å². The minimum Gasteiger partial charge on any atom is -0.256 e. The predicted octanol–water partition coefficient (Wildman–Crippen LogP) is 6.08. The van der Waals surface area contributed by atoms with E-state index in [1.54, 1.807) is 0 Å². The fraction of sp³-hybridized carbons (Fsp3) is 0. The van der Waals surface area contributed by atoms with E-state index >= 15 is 0 Å². The van der Waals surface area contributed by atoms with Gasteiger partial charge in [-0.25, -0.2) is 0 Å². The van der Waals surface area contributed by atoms with Crippen LogP contribution in [0.4, 0.5) is 0 Å². The summed E-state index contributed by atoms with van der Waals surface area (Å²) in [7, 11) is 0. The molecule has 0 aliphatic rings. The van der Waals surface area contributed by atoms with Gasteiger partial charge in [0, 0.05) is 17.3 Å². The van der Waals surface area contributed by atoms with Crippen molar-refractivity contribution < 1.29 is 0 Å². The van der Waals surface area contributed by atoms with E-state index in [9.17, 15) is 0 Å². The van der Waals surface area contributed by atoms with Gasteiger partial charge < -0.3 is 0 Å². The van der Waals surface area contributed by atoms with E-state index in [2.05, 4.69) is 77.8 Å². The zero-order valence-corrected chi connectivity index (χ0v) is 13.3. The summed E-state index contributed by atoms with van der Waals surface area (Å²) in [4.78, 5) is 4.66. The van der Waals surface area contributed by atoms with Crippen molar-refractivity contribution in [1.29, 1.82) is 0 Å². The van der Waals surface area contributed by atoms with Gasteiger partial charge in [0.05, 0.1) is 5.69 Å². The molecule has 0 aliphatic carbocycles. The Balaban J connectivity index is 1.67. The molecule has 4 rings (SSSR count). The summed E-state index contributed by atoms with van der Waals surface area (Å²) < 4.78 is 0. The normalized spacial score (nSPS) is 10.5. The highest BCUT2D eigenvalue weighted by Crippen LogP contribution is 2.26. The van der Waals surface area contributed by atoms with Gasteiger partial charge in [-0.05, 0) is 28.8 Å². The summed E-state index contributed by atoms with van der Waals surface area (Å²) in [5.74, 6) is 0. The Morgan fingerprint density at radius 1 is 0.417 bits per heavy atom. The number of rotatable bonds is 3. The van der Waals surface area contributed by atoms with Crippen molar-refractivity contribution in [2.75, 3.05) is 0 Å². The maximum absolute atomic E-state index is 4.66. The first kappa shape index (κ1) is 14.4. The highest BCUT2D eigenvalue weighted by atomic mass is 14.7. The van der Waals surface area contributed by atoms with Gasteiger partial charge in [-0.1, -0.05) is 84.9 Å². The first-order valence-corrected chi connectivity index (χ1v) is 8.07. The summed E-state index contributed by atoms with van der Waals surface area (Å²) in [6.45, 7) is 0. The van der Waals surface area contributed by atoms with Crippen molar-refractivity contribution in [3.8, 4) is 33.5 Å². The molecule has 4 aromatic rings. The standard InChI is InChI=1S/C23H17N/c1-3-8-18(9-4-1)20-12-7-13-21(16-20)23-15-14-22(17-24-23)19-10-5-2-6-11-19/h1-17H. The van der Waals surface area contributed by atoms with Crippen LogP contribution in [0.3, 0.4) is 0 Å². The zero-order chi connectivity index (χ0) is 16.2. The molecule has 1 heterocycles. The van der Waals surface area contributed by atoms with Crippen molar-refractivity contribution in [1.82, 2.24) is 4.98 Å². The summed E-state index contributed by atoms with van der Waals surface area (Å²) >= 11 is 0. The molecule has 0 spiro atoms. The Kier molecular flexibility index (Phi) is 3.91. The van der Waals surface area contributed by atoms with Crippen molar-refractivity contribution in [3.05, 3.63) is 103 Å². The largest absolute Gasteiger partial charge is 0.256 e. The average Bonchev–Trinajstić information content (AvgIpc) is 2.70. The summed E-state index contributed by atoms with van der Waals surface area (Å²) in [6.07, 6.45) is 1.94. The molecule has 0 unspecified atom stereocenters. The molecule has 0 radical (unpaired) electrons. The molecule has 24 heavy (non-hydrogen) atoms. The van der Waals surface area contributed by atoms with E-state index in [1.165, 1.54) is 16.7 Å². The van der Waals surface area contributed by atoms with Crippen LogP contribution in [-0.2, 0) is 0 Å². The van der Waals surface area contributed by atoms with E-state index in [1.807, 2.05) is 30.5 Å². The molecule has 0 aliphatic heterocycles. The predicted molar refractivity (Wildman–Crippen MR) is 101 cm³/mol. The zero-order valence-electron chi connectivity index (χ0n) is 13.3. The highest BCUT2D eigenvalue weighted by molar-refractivity contribution is 5.72. The second-order valence-electron chi connectivity index (χ2n) is 5.74. The molecule has 0 saturated heterocycles. The third kappa shape index (κ3) is 2.97. The van der Waals surface area contributed by atoms with Gasteiger partial charge in [0.1, 0.15) is 0 Å².